The first kappa shape index (κ1) is 28.2. The molecule has 41 heavy (non-hydrogen) atoms. The molecule has 1 amide bonds. The second-order valence-corrected chi connectivity index (χ2v) is 10.6. The Morgan fingerprint density at radius 1 is 0.976 bits per heavy atom. The van der Waals surface area contributed by atoms with Gasteiger partial charge in [-0.3, -0.25) is 9.59 Å². The maximum atomic E-state index is 13.6. The van der Waals surface area contributed by atoms with Crippen molar-refractivity contribution in [2.75, 3.05) is 7.11 Å². The van der Waals surface area contributed by atoms with E-state index < -0.39 is 23.8 Å². The van der Waals surface area contributed by atoms with Crippen molar-refractivity contribution in [1.82, 2.24) is 20.4 Å². The zero-order chi connectivity index (χ0) is 29.3. The van der Waals surface area contributed by atoms with Crippen LogP contribution in [0.2, 0.25) is 5.02 Å². The predicted molar refractivity (Wildman–Crippen MR) is 148 cm³/mol. The number of ether oxygens (including phenoxy) is 2. The molecule has 9 nitrogen and oxygen atoms in total. The van der Waals surface area contributed by atoms with Crippen molar-refractivity contribution in [1.29, 1.82) is 0 Å². The maximum absolute atomic E-state index is 13.6. The van der Waals surface area contributed by atoms with Crippen molar-refractivity contribution in [2.24, 2.45) is 5.92 Å². The summed E-state index contributed by atoms with van der Waals surface area (Å²) in [6.07, 6.45) is 1.39. The Kier molecular flexibility index (Phi) is 8.03. The largest absolute Gasteiger partial charge is 0.493 e. The second-order valence-electron chi connectivity index (χ2n) is 10.1. The van der Waals surface area contributed by atoms with Crippen LogP contribution in [0.25, 0.3) is 0 Å². The van der Waals surface area contributed by atoms with Crippen LogP contribution in [0, 0.1) is 11.7 Å². The van der Waals surface area contributed by atoms with Gasteiger partial charge in [-0.15, -0.1) is 0 Å². The van der Waals surface area contributed by atoms with Crippen LogP contribution in [0.5, 0.6) is 11.5 Å². The monoisotopic (exact) mass is 578 g/mol. The number of benzene rings is 2. The molecule has 2 aromatic carbocycles. The molecule has 2 heterocycles. The number of rotatable bonds is 9. The molecule has 1 saturated carbocycles. The Bertz CT molecular complexity index is 1510. The number of methoxy groups -OCH3 is 1. The summed E-state index contributed by atoms with van der Waals surface area (Å²) in [7, 11) is 1.40. The fourth-order valence-electron chi connectivity index (χ4n) is 4.78. The third-order valence-corrected chi connectivity index (χ3v) is 7.24. The molecule has 1 aliphatic rings. The smallest absolute Gasteiger partial charge is 0.313 e. The Labute approximate surface area is 241 Å². The Balaban J connectivity index is 1.37. The van der Waals surface area contributed by atoms with E-state index >= 15 is 0 Å². The minimum absolute atomic E-state index is 0.00541. The highest BCUT2D eigenvalue weighted by atomic mass is 35.5. The average Bonchev–Trinajstić information content (AvgIpc) is 3.49. The molecule has 0 spiro atoms. The van der Waals surface area contributed by atoms with E-state index in [0.717, 1.165) is 11.1 Å². The molecular weight excluding hydrogens is 551 g/mol. The van der Waals surface area contributed by atoms with Gasteiger partial charge in [0.2, 0.25) is 11.6 Å². The molecule has 11 heteroatoms. The van der Waals surface area contributed by atoms with Crippen LogP contribution >= 0.6 is 11.6 Å². The van der Waals surface area contributed by atoms with Crippen LogP contribution in [-0.2, 0) is 4.79 Å². The van der Waals surface area contributed by atoms with E-state index in [4.69, 9.17) is 25.6 Å². The van der Waals surface area contributed by atoms with E-state index in [1.165, 1.54) is 31.5 Å². The molecule has 0 saturated heterocycles. The van der Waals surface area contributed by atoms with Crippen LogP contribution in [0.1, 0.15) is 77.9 Å². The summed E-state index contributed by atoms with van der Waals surface area (Å²) in [5.74, 6) is -1.21. The highest BCUT2D eigenvalue weighted by Crippen LogP contribution is 2.65. The zero-order valence-electron chi connectivity index (χ0n) is 22.8. The number of carbonyl (C=O) groups is 2. The van der Waals surface area contributed by atoms with Crippen molar-refractivity contribution >= 4 is 23.5 Å². The number of halogens is 2. The fourth-order valence-corrected chi connectivity index (χ4v) is 4.90. The summed E-state index contributed by atoms with van der Waals surface area (Å²) in [6, 6.07) is 14.8. The summed E-state index contributed by atoms with van der Waals surface area (Å²) >= 11 is 6.10. The van der Waals surface area contributed by atoms with Gasteiger partial charge in [-0.2, -0.15) is 4.98 Å². The molecule has 212 valence electrons. The summed E-state index contributed by atoms with van der Waals surface area (Å²) in [5, 5.41) is 7.54. The van der Waals surface area contributed by atoms with E-state index in [9.17, 15) is 14.0 Å². The van der Waals surface area contributed by atoms with Crippen LogP contribution in [-0.4, -0.2) is 34.1 Å². The average molecular weight is 579 g/mol. The van der Waals surface area contributed by atoms with Crippen LogP contribution in [0.3, 0.4) is 0 Å². The first-order valence-electron chi connectivity index (χ1n) is 13.1. The molecule has 0 bridgehead atoms. The van der Waals surface area contributed by atoms with Gasteiger partial charge in [0.1, 0.15) is 5.82 Å². The van der Waals surface area contributed by atoms with E-state index in [2.05, 4.69) is 20.4 Å². The third kappa shape index (κ3) is 5.92. The minimum Gasteiger partial charge on any atom is -0.493 e. The van der Waals surface area contributed by atoms with Crippen molar-refractivity contribution < 1.29 is 28.0 Å². The van der Waals surface area contributed by atoms with Crippen LogP contribution < -0.4 is 14.8 Å². The van der Waals surface area contributed by atoms with Gasteiger partial charge in [-0.05, 0) is 42.3 Å². The van der Waals surface area contributed by atoms with E-state index in [-0.39, 0.29) is 46.6 Å². The highest BCUT2D eigenvalue weighted by molar-refractivity contribution is 6.30. The molecule has 3 unspecified atom stereocenters. The number of carbonyl (C=O) groups excluding carboxylic acids is 2. The summed E-state index contributed by atoms with van der Waals surface area (Å²) in [6.45, 7) is 5.06. The molecule has 1 fully saturated rings. The number of pyridine rings is 1. The highest BCUT2D eigenvalue weighted by Gasteiger charge is 2.55. The number of esters is 1. The summed E-state index contributed by atoms with van der Waals surface area (Å²) < 4.78 is 30.0. The first-order valence-corrected chi connectivity index (χ1v) is 13.5. The number of amides is 1. The lowest BCUT2D eigenvalue weighted by Crippen LogP contribution is -2.29. The molecule has 1 aliphatic carbocycles. The number of nitrogens with one attached hydrogen (secondary N) is 1. The van der Waals surface area contributed by atoms with Gasteiger partial charge in [0, 0.05) is 29.1 Å². The number of hydrogen-bond donors (Lipinski definition) is 1. The van der Waals surface area contributed by atoms with Gasteiger partial charge >= 0.3 is 5.97 Å². The van der Waals surface area contributed by atoms with Crippen molar-refractivity contribution in [2.45, 2.75) is 44.6 Å². The number of hydrogen-bond acceptors (Lipinski definition) is 8. The second kappa shape index (κ2) is 11.7. The lowest BCUT2D eigenvalue weighted by molar-refractivity contribution is -0.137. The Hall–Kier alpha value is -4.31. The van der Waals surface area contributed by atoms with Gasteiger partial charge in [0.05, 0.1) is 25.0 Å². The quantitative estimate of drug-likeness (QED) is 0.241. The molecule has 4 aromatic rings. The lowest BCUT2D eigenvalue weighted by Gasteiger charge is -2.15. The molecule has 0 radical (unpaired) electrons. The van der Waals surface area contributed by atoms with Crippen LogP contribution in [0.15, 0.2) is 65.3 Å². The van der Waals surface area contributed by atoms with Crippen molar-refractivity contribution in [3.63, 3.8) is 0 Å². The van der Waals surface area contributed by atoms with Crippen molar-refractivity contribution in [3.05, 3.63) is 100 Å². The van der Waals surface area contributed by atoms with Crippen LogP contribution in [0.4, 0.5) is 4.39 Å². The topological polar surface area (TPSA) is 116 Å². The predicted octanol–water partition coefficient (Wildman–Crippen LogP) is 5.98. The minimum atomic E-state index is -0.668. The molecule has 1 N–H and O–H groups in total. The zero-order valence-corrected chi connectivity index (χ0v) is 23.6. The maximum Gasteiger partial charge on any atom is 0.313 e. The fraction of sp³-hybridized carbons (Fsp3) is 0.300. The van der Waals surface area contributed by atoms with Gasteiger partial charge in [-0.25, -0.2) is 9.37 Å². The van der Waals surface area contributed by atoms with E-state index in [1.807, 2.05) is 24.3 Å². The normalized spacial score (nSPS) is 18.6. The Morgan fingerprint density at radius 3 is 2.22 bits per heavy atom. The lowest BCUT2D eigenvalue weighted by atomic mass is 10.0. The third-order valence-electron chi connectivity index (χ3n) is 6.98. The number of nitrogens with zero attached hydrogens (tertiary/aromatic N) is 3. The molecule has 5 rings (SSSR count). The molecule has 4 atom stereocenters. The number of aromatic nitrogens is 3. The first-order chi connectivity index (χ1) is 19.7. The summed E-state index contributed by atoms with van der Waals surface area (Å²) in [4.78, 5) is 34.2. The standard InChI is InChI=1S/C30H28ClFN4O5/c1-15(2)30(38)40-26-21(39-4)13-14-33-25(26)28(37)34-16(3)27-35-29(41-36-27)24-22(17-5-9-19(31)10-6-17)23(24)18-7-11-20(32)12-8-18/h5-16,22-24H,1-4H3,(H,34,37)/t16-,22?,23?,24?/m0/s1. The molecule has 0 aliphatic heterocycles. The van der Waals surface area contributed by atoms with Crippen molar-refractivity contribution in [3.8, 4) is 11.5 Å². The van der Waals surface area contributed by atoms with Gasteiger partial charge < -0.3 is 19.3 Å². The van der Waals surface area contributed by atoms with Gasteiger partial charge in [0.25, 0.3) is 5.91 Å². The van der Waals surface area contributed by atoms with E-state index in [0.29, 0.717) is 10.9 Å². The Morgan fingerprint density at radius 2 is 1.61 bits per heavy atom. The van der Waals surface area contributed by atoms with E-state index in [1.54, 1.807) is 32.9 Å². The van der Waals surface area contributed by atoms with Gasteiger partial charge in [0.15, 0.2) is 17.3 Å². The summed E-state index contributed by atoms with van der Waals surface area (Å²) in [5.41, 5.74) is 1.88. The molecule has 2 aromatic heterocycles. The SMILES string of the molecule is COc1ccnc(C(=O)N[C@@H](C)c2noc(C3C(c4ccc(F)cc4)C3c3ccc(Cl)cc3)n2)c1OC(=O)C(C)C. The van der Waals surface area contributed by atoms with Gasteiger partial charge in [-0.1, -0.05) is 54.9 Å². The molecular formula is C30H28ClFN4O5.